The number of hydrogen-bond donors (Lipinski definition) is 2. The molecule has 0 saturated carbocycles. The molecular weight excluding hydrogens is 326 g/mol. The lowest BCUT2D eigenvalue weighted by molar-refractivity contribution is -0.897. The minimum atomic E-state index is 0.841. The average molecular weight is 353 g/mol. The molecule has 1 aliphatic rings. The van der Waals surface area contributed by atoms with E-state index in [-0.39, 0.29) is 0 Å². The number of quaternary nitrogens is 1. The summed E-state index contributed by atoms with van der Waals surface area (Å²) in [6.45, 7) is 7.43. The largest absolute Gasteiger partial charge is 0.338 e. The average Bonchev–Trinajstić information content (AvgIpc) is 2.65. The minimum absolute atomic E-state index is 0.841. The maximum Gasteiger partial charge on any atom is 0.173 e. The first kappa shape index (κ1) is 17.6. The van der Waals surface area contributed by atoms with Gasteiger partial charge >= 0.3 is 0 Å². The van der Waals surface area contributed by atoms with Crippen LogP contribution in [0.5, 0.6) is 0 Å². The fraction of sp³-hybridized carbons (Fsp3) is 0.286. The molecule has 0 unspecified atom stereocenters. The molecule has 1 fully saturated rings. The summed E-state index contributed by atoms with van der Waals surface area (Å²) in [5, 5.41) is 4.23. The summed E-state index contributed by atoms with van der Waals surface area (Å²) in [7, 11) is 0. The Morgan fingerprint density at radius 1 is 1.08 bits per heavy atom. The van der Waals surface area contributed by atoms with E-state index < -0.39 is 0 Å². The van der Waals surface area contributed by atoms with Gasteiger partial charge in [-0.2, -0.15) is 0 Å². The van der Waals surface area contributed by atoms with Crippen LogP contribution in [-0.4, -0.2) is 42.7 Å². The monoisotopic (exact) mass is 352 g/mol. The zero-order valence-corrected chi connectivity index (χ0v) is 15.6. The normalized spacial score (nSPS) is 15.5. The second-order valence-electron chi connectivity index (χ2n) is 6.50. The van der Waals surface area contributed by atoms with E-state index in [1.165, 1.54) is 11.1 Å². The van der Waals surface area contributed by atoms with Gasteiger partial charge in [0.2, 0.25) is 0 Å². The number of nitrogens with one attached hydrogen (secondary N) is 2. The fourth-order valence-electron chi connectivity index (χ4n) is 3.06. The number of thiocarbonyl (C=S) groups is 1. The third-order valence-electron chi connectivity index (χ3n) is 4.66. The van der Waals surface area contributed by atoms with Crippen LogP contribution >= 0.6 is 12.2 Å². The maximum atomic E-state index is 5.60. The minimum Gasteiger partial charge on any atom is -0.338 e. The Bertz CT molecular complexity index is 719. The van der Waals surface area contributed by atoms with Crippen molar-refractivity contribution >= 4 is 29.1 Å². The molecule has 4 heteroatoms. The van der Waals surface area contributed by atoms with Crippen LogP contribution in [0.3, 0.4) is 0 Å². The van der Waals surface area contributed by atoms with Gasteiger partial charge in [-0.25, -0.2) is 0 Å². The summed E-state index contributed by atoms with van der Waals surface area (Å²) in [4.78, 5) is 3.90. The Balaban J connectivity index is 1.44. The van der Waals surface area contributed by atoms with Gasteiger partial charge in [-0.15, -0.1) is 0 Å². The van der Waals surface area contributed by atoms with E-state index in [1.54, 1.807) is 4.90 Å². The van der Waals surface area contributed by atoms with Gasteiger partial charge in [-0.1, -0.05) is 54.6 Å². The second kappa shape index (κ2) is 8.79. The molecule has 2 aromatic carbocycles. The van der Waals surface area contributed by atoms with Crippen molar-refractivity contribution in [3.8, 4) is 0 Å². The Kier molecular flexibility index (Phi) is 6.20. The SMILES string of the molecule is Cc1ccccc1NC(=S)N1CC[NH+](C/C=C/c2ccccc2)CC1. The van der Waals surface area contributed by atoms with Crippen molar-refractivity contribution < 1.29 is 4.90 Å². The lowest BCUT2D eigenvalue weighted by atomic mass is 10.2. The summed E-state index contributed by atoms with van der Waals surface area (Å²) >= 11 is 5.60. The van der Waals surface area contributed by atoms with Gasteiger partial charge in [0.05, 0.1) is 32.7 Å². The number of anilines is 1. The van der Waals surface area contributed by atoms with E-state index in [0.29, 0.717) is 0 Å². The first-order valence-corrected chi connectivity index (χ1v) is 9.30. The fourth-order valence-corrected chi connectivity index (χ4v) is 3.36. The standard InChI is InChI=1S/C21H25N3S/c1-18-8-5-6-12-20(18)22-21(25)24-16-14-23(15-17-24)13-7-11-19-9-3-2-4-10-19/h2-12H,13-17H2,1H3,(H,22,25)/p+1/b11-7+. The van der Waals surface area contributed by atoms with Crippen molar-refractivity contribution in [2.45, 2.75) is 6.92 Å². The predicted octanol–water partition coefficient (Wildman–Crippen LogP) is 2.61. The smallest absolute Gasteiger partial charge is 0.173 e. The lowest BCUT2D eigenvalue weighted by Gasteiger charge is -2.33. The number of hydrogen-bond acceptors (Lipinski definition) is 1. The zero-order chi connectivity index (χ0) is 17.5. The molecule has 0 aromatic heterocycles. The lowest BCUT2D eigenvalue weighted by Crippen LogP contribution is -3.14. The second-order valence-corrected chi connectivity index (χ2v) is 6.89. The number of aryl methyl sites for hydroxylation is 1. The van der Waals surface area contributed by atoms with Gasteiger partial charge in [-0.3, -0.25) is 0 Å². The molecule has 0 bridgehead atoms. The van der Waals surface area contributed by atoms with Crippen molar-refractivity contribution in [1.82, 2.24) is 4.90 Å². The van der Waals surface area contributed by atoms with Gasteiger partial charge in [0.15, 0.2) is 5.11 Å². The highest BCUT2D eigenvalue weighted by Gasteiger charge is 2.20. The molecule has 2 aromatic rings. The first-order chi connectivity index (χ1) is 12.2. The molecule has 130 valence electrons. The van der Waals surface area contributed by atoms with Crippen LogP contribution in [0.15, 0.2) is 60.7 Å². The Labute approximate surface area is 156 Å². The molecule has 0 atom stereocenters. The molecule has 0 radical (unpaired) electrons. The predicted molar refractivity (Wildman–Crippen MR) is 110 cm³/mol. The van der Waals surface area contributed by atoms with Crippen LogP contribution in [0.2, 0.25) is 0 Å². The molecule has 25 heavy (non-hydrogen) atoms. The molecule has 3 rings (SSSR count). The summed E-state index contributed by atoms with van der Waals surface area (Å²) in [5.41, 5.74) is 3.59. The van der Waals surface area contributed by atoms with E-state index >= 15 is 0 Å². The van der Waals surface area contributed by atoms with Crippen molar-refractivity contribution in [3.05, 3.63) is 71.8 Å². The van der Waals surface area contributed by atoms with E-state index in [1.807, 2.05) is 6.07 Å². The summed E-state index contributed by atoms with van der Waals surface area (Å²) in [5.74, 6) is 0. The Morgan fingerprint density at radius 2 is 1.76 bits per heavy atom. The summed E-state index contributed by atoms with van der Waals surface area (Å²) in [6, 6.07) is 18.8. The van der Waals surface area contributed by atoms with Crippen LogP contribution in [0.4, 0.5) is 5.69 Å². The Hall–Kier alpha value is -2.17. The van der Waals surface area contributed by atoms with Crippen LogP contribution in [0.25, 0.3) is 6.08 Å². The molecule has 2 N–H and O–H groups in total. The zero-order valence-electron chi connectivity index (χ0n) is 14.7. The van der Waals surface area contributed by atoms with Crippen LogP contribution in [-0.2, 0) is 0 Å². The molecule has 0 amide bonds. The maximum absolute atomic E-state index is 5.60. The molecule has 1 aliphatic heterocycles. The molecule has 3 nitrogen and oxygen atoms in total. The highest BCUT2D eigenvalue weighted by atomic mass is 32.1. The van der Waals surface area contributed by atoms with Crippen molar-refractivity contribution in [3.63, 3.8) is 0 Å². The number of benzene rings is 2. The van der Waals surface area contributed by atoms with Gasteiger partial charge in [-0.05, 0) is 42.4 Å². The van der Waals surface area contributed by atoms with Gasteiger partial charge < -0.3 is 15.1 Å². The van der Waals surface area contributed by atoms with Crippen LogP contribution < -0.4 is 10.2 Å². The van der Waals surface area contributed by atoms with Crippen molar-refractivity contribution in [2.24, 2.45) is 0 Å². The molecule has 1 saturated heterocycles. The Morgan fingerprint density at radius 3 is 2.48 bits per heavy atom. The van der Waals surface area contributed by atoms with Crippen molar-refractivity contribution in [1.29, 1.82) is 0 Å². The molecule has 0 aliphatic carbocycles. The summed E-state index contributed by atoms with van der Waals surface area (Å²) < 4.78 is 0. The highest BCUT2D eigenvalue weighted by molar-refractivity contribution is 7.80. The van der Waals surface area contributed by atoms with Gasteiger partial charge in [0, 0.05) is 5.69 Å². The topological polar surface area (TPSA) is 19.7 Å². The van der Waals surface area contributed by atoms with Gasteiger partial charge in [0.25, 0.3) is 0 Å². The van der Waals surface area contributed by atoms with Gasteiger partial charge in [0.1, 0.15) is 0 Å². The first-order valence-electron chi connectivity index (χ1n) is 8.89. The number of rotatable bonds is 4. The van der Waals surface area contributed by atoms with Crippen LogP contribution in [0, 0.1) is 6.92 Å². The highest BCUT2D eigenvalue weighted by Crippen LogP contribution is 2.14. The van der Waals surface area contributed by atoms with E-state index in [4.69, 9.17) is 12.2 Å². The number of para-hydroxylation sites is 1. The van der Waals surface area contributed by atoms with E-state index in [2.05, 4.69) is 77.8 Å². The van der Waals surface area contributed by atoms with E-state index in [9.17, 15) is 0 Å². The third kappa shape index (κ3) is 5.15. The number of piperazine rings is 1. The number of nitrogens with zero attached hydrogens (tertiary/aromatic N) is 1. The van der Waals surface area contributed by atoms with Crippen LogP contribution in [0.1, 0.15) is 11.1 Å². The van der Waals surface area contributed by atoms with E-state index in [0.717, 1.165) is 43.5 Å². The van der Waals surface area contributed by atoms with Crippen molar-refractivity contribution in [2.75, 3.05) is 38.0 Å². The molecule has 0 spiro atoms. The third-order valence-corrected chi connectivity index (χ3v) is 5.02. The molecular formula is C21H26N3S+. The summed E-state index contributed by atoms with van der Waals surface area (Å²) in [6.07, 6.45) is 4.49. The molecule has 1 heterocycles. The quantitative estimate of drug-likeness (QED) is 0.826.